The molecule has 0 aromatic carbocycles. The summed E-state index contributed by atoms with van der Waals surface area (Å²) in [6, 6.07) is -0.584. The van der Waals surface area contributed by atoms with Gasteiger partial charge in [0.05, 0.1) is 6.04 Å². The Morgan fingerprint density at radius 1 is 1.67 bits per heavy atom. The summed E-state index contributed by atoms with van der Waals surface area (Å²) in [5.41, 5.74) is 0. The lowest BCUT2D eigenvalue weighted by atomic mass is 10.4. The molecule has 1 unspecified atom stereocenters. The van der Waals surface area contributed by atoms with E-state index in [0.717, 1.165) is 0 Å². The maximum Gasteiger partial charge on any atom is 0.275 e. The fourth-order valence-corrected chi connectivity index (χ4v) is 1.25. The molecule has 4 N–H and O–H groups in total. The number of tetrazole rings is 1. The lowest BCUT2D eigenvalue weighted by molar-refractivity contribution is 0.561. The molecule has 1 atom stereocenters. The van der Waals surface area contributed by atoms with Gasteiger partial charge in [0.1, 0.15) is 0 Å². The number of nitrogens with zero attached hydrogens (tertiary/aromatic N) is 3. The van der Waals surface area contributed by atoms with Gasteiger partial charge in [-0.3, -0.25) is 0 Å². The Morgan fingerprint density at radius 2 is 2.33 bits per heavy atom. The molecule has 9 heteroatoms. The highest BCUT2D eigenvalue weighted by molar-refractivity contribution is 7.87. The molecule has 0 bridgehead atoms. The fraction of sp³-hybridized carbons (Fsp3) is 0.667. The lowest BCUT2D eigenvalue weighted by Crippen LogP contribution is -2.33. The maximum absolute atomic E-state index is 10.5. The van der Waals surface area contributed by atoms with Gasteiger partial charge in [0.15, 0.2) is 5.82 Å². The van der Waals surface area contributed by atoms with Crippen molar-refractivity contribution >= 4 is 10.2 Å². The monoisotopic (exact) mass is 192 g/mol. The number of H-pyrrole nitrogens is 1. The van der Waals surface area contributed by atoms with Gasteiger partial charge < -0.3 is 0 Å². The van der Waals surface area contributed by atoms with Crippen LogP contribution in [0.3, 0.4) is 0 Å². The summed E-state index contributed by atoms with van der Waals surface area (Å²) in [6.45, 7) is 1.55. The second-order valence-corrected chi connectivity index (χ2v) is 3.48. The van der Waals surface area contributed by atoms with Crippen molar-refractivity contribution in [1.82, 2.24) is 25.3 Å². The summed E-state index contributed by atoms with van der Waals surface area (Å²) in [4.78, 5) is 0. The SMILES string of the molecule is CC(NS(N)(=O)=O)c1nn[nH]n1. The van der Waals surface area contributed by atoms with Crippen molar-refractivity contribution in [1.29, 1.82) is 0 Å². The van der Waals surface area contributed by atoms with Gasteiger partial charge in [0, 0.05) is 0 Å². The summed E-state index contributed by atoms with van der Waals surface area (Å²) in [5, 5.41) is 17.3. The van der Waals surface area contributed by atoms with Crippen molar-refractivity contribution in [3.05, 3.63) is 5.82 Å². The first kappa shape index (κ1) is 9.03. The largest absolute Gasteiger partial charge is 0.275 e. The van der Waals surface area contributed by atoms with Crippen molar-refractivity contribution in [3.63, 3.8) is 0 Å². The standard InChI is InChI=1S/C3H8N6O2S/c1-2(7-12(4,10)11)3-5-8-9-6-3/h2,7H,1H3,(H2,4,10,11)(H,5,6,8,9). The molecule has 68 valence electrons. The van der Waals surface area contributed by atoms with Crippen molar-refractivity contribution in [3.8, 4) is 0 Å². The van der Waals surface area contributed by atoms with Crippen LogP contribution in [-0.4, -0.2) is 29.0 Å². The van der Waals surface area contributed by atoms with E-state index in [9.17, 15) is 8.42 Å². The van der Waals surface area contributed by atoms with Gasteiger partial charge in [0.25, 0.3) is 10.2 Å². The van der Waals surface area contributed by atoms with Gasteiger partial charge in [-0.1, -0.05) is 5.21 Å². The summed E-state index contributed by atoms with van der Waals surface area (Å²) in [7, 11) is -3.72. The Kier molecular flexibility index (Phi) is 2.35. The van der Waals surface area contributed by atoms with E-state index in [1.165, 1.54) is 0 Å². The second-order valence-electron chi connectivity index (χ2n) is 2.15. The predicted molar refractivity (Wildman–Crippen MR) is 38.8 cm³/mol. The molecule has 12 heavy (non-hydrogen) atoms. The van der Waals surface area contributed by atoms with Gasteiger partial charge >= 0.3 is 0 Å². The molecule has 0 amide bonds. The molecule has 1 rings (SSSR count). The van der Waals surface area contributed by atoms with E-state index < -0.39 is 16.3 Å². The van der Waals surface area contributed by atoms with Gasteiger partial charge in [-0.05, 0) is 6.92 Å². The van der Waals surface area contributed by atoms with Crippen molar-refractivity contribution in [2.45, 2.75) is 13.0 Å². The highest BCUT2D eigenvalue weighted by atomic mass is 32.2. The van der Waals surface area contributed by atoms with E-state index in [1.807, 2.05) is 0 Å². The van der Waals surface area contributed by atoms with Crippen molar-refractivity contribution < 1.29 is 8.42 Å². The van der Waals surface area contributed by atoms with Crippen molar-refractivity contribution in [2.75, 3.05) is 0 Å². The van der Waals surface area contributed by atoms with Crippen LogP contribution in [0.4, 0.5) is 0 Å². The Balaban J connectivity index is 2.68. The average Bonchev–Trinajstić information content (AvgIpc) is 2.32. The summed E-state index contributed by atoms with van der Waals surface area (Å²) < 4.78 is 23.1. The first-order valence-electron chi connectivity index (χ1n) is 3.02. The molecule has 0 saturated heterocycles. The Morgan fingerprint density at radius 3 is 2.75 bits per heavy atom. The molecule has 1 aromatic heterocycles. The van der Waals surface area contributed by atoms with Crippen LogP contribution in [0, 0.1) is 0 Å². The Bertz CT molecular complexity index is 330. The summed E-state index contributed by atoms with van der Waals surface area (Å²) >= 11 is 0. The molecule has 0 aliphatic carbocycles. The van der Waals surface area contributed by atoms with E-state index in [0.29, 0.717) is 0 Å². The van der Waals surface area contributed by atoms with E-state index >= 15 is 0 Å². The lowest BCUT2D eigenvalue weighted by Gasteiger charge is -2.05. The van der Waals surface area contributed by atoms with Gasteiger partial charge in [-0.25, -0.2) is 5.14 Å². The number of aromatic nitrogens is 4. The van der Waals surface area contributed by atoms with Crippen LogP contribution in [-0.2, 0) is 10.2 Å². The summed E-state index contributed by atoms with van der Waals surface area (Å²) in [6.07, 6.45) is 0. The molecule has 0 spiro atoms. The highest BCUT2D eigenvalue weighted by Crippen LogP contribution is 2.02. The summed E-state index contributed by atoms with van der Waals surface area (Å²) in [5.74, 6) is 0.240. The molecule has 0 aliphatic heterocycles. The molecule has 0 aliphatic rings. The van der Waals surface area contributed by atoms with Crippen LogP contribution in [0.1, 0.15) is 18.8 Å². The topological polar surface area (TPSA) is 127 Å². The smallest absolute Gasteiger partial charge is 0.216 e. The van der Waals surface area contributed by atoms with E-state index in [2.05, 4.69) is 25.3 Å². The third-order valence-corrected chi connectivity index (χ3v) is 1.77. The van der Waals surface area contributed by atoms with Crippen LogP contribution in [0.25, 0.3) is 0 Å². The zero-order chi connectivity index (χ0) is 9.19. The zero-order valence-corrected chi connectivity index (χ0v) is 7.04. The van der Waals surface area contributed by atoms with E-state index in [4.69, 9.17) is 5.14 Å². The van der Waals surface area contributed by atoms with Crippen LogP contribution in [0.15, 0.2) is 0 Å². The Hall–Kier alpha value is -1.06. The highest BCUT2D eigenvalue weighted by Gasteiger charge is 2.14. The Labute approximate surface area is 68.7 Å². The van der Waals surface area contributed by atoms with Crippen LogP contribution in [0.5, 0.6) is 0 Å². The first-order valence-corrected chi connectivity index (χ1v) is 4.57. The first-order chi connectivity index (χ1) is 5.49. The number of rotatable bonds is 3. The minimum Gasteiger partial charge on any atom is -0.216 e. The molecule has 8 nitrogen and oxygen atoms in total. The predicted octanol–water partition coefficient (Wildman–Crippen LogP) is -1.95. The molecule has 0 fully saturated rings. The van der Waals surface area contributed by atoms with Crippen LogP contribution >= 0.6 is 0 Å². The van der Waals surface area contributed by atoms with Crippen LogP contribution < -0.4 is 9.86 Å². The molecule has 0 saturated carbocycles. The average molecular weight is 192 g/mol. The van der Waals surface area contributed by atoms with Crippen LogP contribution in [0.2, 0.25) is 0 Å². The number of nitrogens with two attached hydrogens (primary N) is 1. The maximum atomic E-state index is 10.5. The second kappa shape index (κ2) is 3.13. The normalized spacial score (nSPS) is 14.5. The molecule has 1 heterocycles. The molecule has 0 radical (unpaired) electrons. The molecule has 1 aromatic rings. The van der Waals surface area contributed by atoms with E-state index in [-0.39, 0.29) is 5.82 Å². The minimum absolute atomic E-state index is 0.240. The van der Waals surface area contributed by atoms with Gasteiger partial charge in [0.2, 0.25) is 0 Å². The fourth-order valence-electron chi connectivity index (χ4n) is 0.652. The quantitative estimate of drug-likeness (QED) is 0.513. The number of hydrogen-bond donors (Lipinski definition) is 3. The molecular weight excluding hydrogens is 184 g/mol. The minimum atomic E-state index is -3.72. The van der Waals surface area contributed by atoms with Crippen molar-refractivity contribution in [2.24, 2.45) is 5.14 Å². The van der Waals surface area contributed by atoms with Gasteiger partial charge in [-0.15, -0.1) is 10.2 Å². The number of aromatic amines is 1. The number of nitrogens with one attached hydrogen (secondary N) is 2. The number of hydrogen-bond acceptors (Lipinski definition) is 5. The third kappa shape index (κ3) is 2.53. The zero-order valence-electron chi connectivity index (χ0n) is 6.22. The van der Waals surface area contributed by atoms with Gasteiger partial charge in [-0.2, -0.15) is 18.4 Å². The molecular formula is C3H8N6O2S. The van der Waals surface area contributed by atoms with E-state index in [1.54, 1.807) is 6.92 Å². The third-order valence-electron chi connectivity index (χ3n) is 1.09.